The minimum Gasteiger partial charge on any atom is -0.391 e. The molecule has 3 aromatic carbocycles. The molecule has 26 heavy (non-hydrogen) atoms. The van der Waals surface area contributed by atoms with E-state index < -0.39 is 6.10 Å². The van der Waals surface area contributed by atoms with E-state index in [9.17, 15) is 15.2 Å². The molecule has 0 aliphatic carbocycles. The molecule has 0 aromatic heterocycles. The first-order valence-corrected chi connectivity index (χ1v) is 8.71. The van der Waals surface area contributed by atoms with Crippen molar-refractivity contribution in [3.8, 4) is 0 Å². The SMILES string of the molecule is Cc1c(CN2C[C@@H](O)Cc3ccc4ccccc4c32)cccc1[N+](=O)[O-]. The van der Waals surface area contributed by atoms with E-state index in [0.29, 0.717) is 25.1 Å². The maximum absolute atomic E-state index is 11.2. The van der Waals surface area contributed by atoms with Gasteiger partial charge >= 0.3 is 0 Å². The summed E-state index contributed by atoms with van der Waals surface area (Å²) in [5.74, 6) is 0. The largest absolute Gasteiger partial charge is 0.391 e. The summed E-state index contributed by atoms with van der Waals surface area (Å²) in [5, 5.41) is 23.9. The fourth-order valence-electron chi connectivity index (χ4n) is 3.89. The van der Waals surface area contributed by atoms with Crippen molar-refractivity contribution in [1.82, 2.24) is 0 Å². The monoisotopic (exact) mass is 348 g/mol. The second kappa shape index (κ2) is 6.42. The van der Waals surface area contributed by atoms with Crippen molar-refractivity contribution >= 4 is 22.1 Å². The quantitative estimate of drug-likeness (QED) is 0.574. The van der Waals surface area contributed by atoms with Gasteiger partial charge in [-0.15, -0.1) is 0 Å². The lowest BCUT2D eigenvalue weighted by Gasteiger charge is -2.35. The van der Waals surface area contributed by atoms with E-state index in [1.165, 1.54) is 6.07 Å². The van der Waals surface area contributed by atoms with Gasteiger partial charge in [0.2, 0.25) is 0 Å². The van der Waals surface area contributed by atoms with Crippen molar-refractivity contribution in [2.24, 2.45) is 0 Å². The number of fused-ring (bicyclic) bond motifs is 3. The van der Waals surface area contributed by atoms with Gasteiger partial charge in [0.15, 0.2) is 0 Å². The third kappa shape index (κ3) is 2.80. The maximum atomic E-state index is 11.2. The fourth-order valence-corrected chi connectivity index (χ4v) is 3.89. The van der Waals surface area contributed by atoms with Crippen LogP contribution in [0.3, 0.4) is 0 Å². The van der Waals surface area contributed by atoms with Gasteiger partial charge in [0.25, 0.3) is 5.69 Å². The number of nitro benzene ring substituents is 1. The average Bonchev–Trinajstić information content (AvgIpc) is 2.62. The van der Waals surface area contributed by atoms with Gasteiger partial charge in [-0.25, -0.2) is 0 Å². The number of hydrogen-bond donors (Lipinski definition) is 1. The highest BCUT2D eigenvalue weighted by Gasteiger charge is 2.26. The first kappa shape index (κ1) is 16.5. The molecule has 0 saturated carbocycles. The third-order valence-electron chi connectivity index (χ3n) is 5.16. The van der Waals surface area contributed by atoms with Crippen LogP contribution >= 0.6 is 0 Å². The second-order valence-corrected chi connectivity index (χ2v) is 6.85. The number of nitrogens with zero attached hydrogens (tertiary/aromatic N) is 2. The van der Waals surface area contributed by atoms with Crippen LogP contribution < -0.4 is 4.90 Å². The molecule has 0 fully saturated rings. The molecule has 0 unspecified atom stereocenters. The Labute approximate surface area is 151 Å². The predicted molar refractivity (Wildman–Crippen MR) is 103 cm³/mol. The summed E-state index contributed by atoms with van der Waals surface area (Å²) < 4.78 is 0. The van der Waals surface area contributed by atoms with Crippen molar-refractivity contribution in [2.45, 2.75) is 26.0 Å². The molecule has 1 aliphatic rings. The Balaban J connectivity index is 1.81. The summed E-state index contributed by atoms with van der Waals surface area (Å²) >= 11 is 0. The van der Waals surface area contributed by atoms with Gasteiger partial charge in [-0.2, -0.15) is 0 Å². The highest BCUT2D eigenvalue weighted by Crippen LogP contribution is 2.36. The van der Waals surface area contributed by atoms with Crippen LogP contribution in [0.5, 0.6) is 0 Å². The number of anilines is 1. The van der Waals surface area contributed by atoms with E-state index in [-0.39, 0.29) is 10.6 Å². The standard InChI is InChI=1S/C21H20N2O3/c1-14-17(6-4-8-20(14)23(25)26)12-22-13-18(24)11-16-10-9-15-5-2-3-7-19(15)21(16)22/h2-10,18,24H,11-13H2,1H3/t18-/m0/s1. The minimum absolute atomic E-state index is 0.137. The molecule has 4 rings (SSSR count). The van der Waals surface area contributed by atoms with Crippen molar-refractivity contribution in [1.29, 1.82) is 0 Å². The van der Waals surface area contributed by atoms with E-state index in [0.717, 1.165) is 27.6 Å². The number of β-amino-alcohol motifs (C(OH)–C–C–N with tert-alkyl or cyclic N) is 1. The molecule has 0 saturated heterocycles. The third-order valence-corrected chi connectivity index (χ3v) is 5.16. The topological polar surface area (TPSA) is 66.6 Å². The molecule has 5 nitrogen and oxygen atoms in total. The number of rotatable bonds is 3. The number of aliphatic hydroxyl groups is 1. The van der Waals surface area contributed by atoms with Crippen molar-refractivity contribution in [2.75, 3.05) is 11.4 Å². The average molecular weight is 348 g/mol. The first-order valence-electron chi connectivity index (χ1n) is 8.71. The molecular weight excluding hydrogens is 328 g/mol. The van der Waals surface area contributed by atoms with Crippen LogP contribution in [0.1, 0.15) is 16.7 Å². The van der Waals surface area contributed by atoms with Crippen LogP contribution in [-0.2, 0) is 13.0 Å². The Morgan fingerprint density at radius 1 is 1.15 bits per heavy atom. The van der Waals surface area contributed by atoms with E-state index in [1.54, 1.807) is 13.0 Å². The van der Waals surface area contributed by atoms with Crippen LogP contribution in [-0.4, -0.2) is 22.7 Å². The van der Waals surface area contributed by atoms with Gasteiger partial charge in [-0.05, 0) is 23.4 Å². The molecule has 1 atom stereocenters. The lowest BCUT2D eigenvalue weighted by atomic mass is 9.94. The van der Waals surface area contributed by atoms with E-state index in [1.807, 2.05) is 18.2 Å². The predicted octanol–water partition coefficient (Wildman–Crippen LogP) is 3.98. The molecule has 0 bridgehead atoms. The molecule has 1 aliphatic heterocycles. The lowest BCUT2D eigenvalue weighted by molar-refractivity contribution is -0.385. The van der Waals surface area contributed by atoms with Gasteiger partial charge in [0, 0.05) is 42.2 Å². The molecule has 3 aromatic rings. The maximum Gasteiger partial charge on any atom is 0.272 e. The normalized spacial score (nSPS) is 16.5. The summed E-state index contributed by atoms with van der Waals surface area (Å²) in [4.78, 5) is 13.1. The zero-order valence-electron chi connectivity index (χ0n) is 14.6. The summed E-state index contributed by atoms with van der Waals surface area (Å²) in [6.45, 7) is 2.84. The van der Waals surface area contributed by atoms with Crippen molar-refractivity contribution in [3.63, 3.8) is 0 Å². The van der Waals surface area contributed by atoms with Crippen LogP contribution in [0.25, 0.3) is 10.8 Å². The zero-order valence-corrected chi connectivity index (χ0v) is 14.6. The van der Waals surface area contributed by atoms with Crippen LogP contribution in [0.4, 0.5) is 11.4 Å². The Morgan fingerprint density at radius 2 is 1.96 bits per heavy atom. The second-order valence-electron chi connectivity index (χ2n) is 6.85. The minimum atomic E-state index is -0.442. The van der Waals surface area contributed by atoms with Gasteiger partial charge in [0.05, 0.1) is 11.0 Å². The summed E-state index contributed by atoms with van der Waals surface area (Å²) in [7, 11) is 0. The molecule has 1 heterocycles. The molecule has 0 spiro atoms. The Morgan fingerprint density at radius 3 is 2.77 bits per heavy atom. The summed E-state index contributed by atoms with van der Waals surface area (Å²) in [5.41, 5.74) is 3.97. The van der Waals surface area contributed by atoms with Gasteiger partial charge in [-0.3, -0.25) is 10.1 Å². The van der Waals surface area contributed by atoms with Gasteiger partial charge in [0.1, 0.15) is 0 Å². The number of benzene rings is 3. The smallest absolute Gasteiger partial charge is 0.272 e. The number of hydrogen-bond acceptors (Lipinski definition) is 4. The van der Waals surface area contributed by atoms with E-state index >= 15 is 0 Å². The van der Waals surface area contributed by atoms with Crippen LogP contribution in [0.2, 0.25) is 0 Å². The molecule has 0 amide bonds. The Bertz CT molecular complexity index is 1000. The summed E-state index contributed by atoms with van der Waals surface area (Å²) in [6.07, 6.45) is 0.188. The first-order chi connectivity index (χ1) is 12.5. The molecule has 1 N–H and O–H groups in total. The molecule has 132 valence electrons. The Hall–Kier alpha value is -2.92. The van der Waals surface area contributed by atoms with Crippen molar-refractivity contribution in [3.05, 3.63) is 81.4 Å². The Kier molecular flexibility index (Phi) is 4.09. The molecule has 5 heteroatoms. The summed E-state index contributed by atoms with van der Waals surface area (Å²) in [6, 6.07) is 17.6. The van der Waals surface area contributed by atoms with E-state index in [4.69, 9.17) is 0 Å². The zero-order chi connectivity index (χ0) is 18.3. The van der Waals surface area contributed by atoms with E-state index in [2.05, 4.69) is 29.2 Å². The highest BCUT2D eigenvalue weighted by atomic mass is 16.6. The highest BCUT2D eigenvalue weighted by molar-refractivity contribution is 5.96. The van der Waals surface area contributed by atoms with Gasteiger partial charge in [-0.1, -0.05) is 48.5 Å². The molecule has 0 radical (unpaired) electrons. The van der Waals surface area contributed by atoms with Crippen LogP contribution in [0.15, 0.2) is 54.6 Å². The molecular formula is C21H20N2O3. The van der Waals surface area contributed by atoms with Gasteiger partial charge < -0.3 is 10.0 Å². The number of nitro groups is 1. The van der Waals surface area contributed by atoms with Crippen molar-refractivity contribution < 1.29 is 10.0 Å². The number of aliphatic hydroxyl groups excluding tert-OH is 1. The van der Waals surface area contributed by atoms with Crippen LogP contribution in [0, 0.1) is 17.0 Å². The lowest BCUT2D eigenvalue weighted by Crippen LogP contribution is -2.38. The fraction of sp³-hybridized carbons (Fsp3) is 0.238.